The Morgan fingerprint density at radius 3 is 2.63 bits per heavy atom. The van der Waals surface area contributed by atoms with Crippen molar-refractivity contribution in [3.05, 3.63) is 47.5 Å². The number of carbonyl (C=O) groups is 3. The molecular weight excluding hydrogens is 508 g/mol. The van der Waals surface area contributed by atoms with E-state index in [9.17, 15) is 24.6 Å². The normalized spacial score (nSPS) is 20.6. The number of ether oxygens (including phenoxy) is 3. The van der Waals surface area contributed by atoms with Crippen LogP contribution in [0.25, 0.3) is 0 Å². The summed E-state index contributed by atoms with van der Waals surface area (Å²) >= 11 is 1.63. The van der Waals surface area contributed by atoms with E-state index < -0.39 is 29.7 Å². The Bertz CT molecular complexity index is 939. The Hall–Kier alpha value is -2.20. The lowest BCUT2D eigenvalue weighted by Gasteiger charge is -2.19. The van der Waals surface area contributed by atoms with Crippen molar-refractivity contribution in [3.8, 4) is 0 Å². The highest BCUT2D eigenvalue weighted by molar-refractivity contribution is 7.99. The Labute approximate surface area is 230 Å². The van der Waals surface area contributed by atoms with Gasteiger partial charge in [0.25, 0.3) is 0 Å². The molecule has 38 heavy (non-hydrogen) atoms. The van der Waals surface area contributed by atoms with Crippen molar-refractivity contribution in [1.82, 2.24) is 0 Å². The second-order valence-electron chi connectivity index (χ2n) is 10.6. The van der Waals surface area contributed by atoms with Crippen LogP contribution in [0.15, 0.2) is 36.4 Å². The fourth-order valence-electron chi connectivity index (χ4n) is 4.38. The first-order valence-electron chi connectivity index (χ1n) is 13.1. The number of aliphatic hydroxyl groups excluding tert-OH is 2. The molecule has 1 fully saturated rings. The van der Waals surface area contributed by atoms with E-state index >= 15 is 0 Å². The molecule has 1 aromatic carbocycles. The van der Waals surface area contributed by atoms with Gasteiger partial charge in [0.15, 0.2) is 6.61 Å². The molecule has 0 unspecified atom stereocenters. The number of benzene rings is 1. The van der Waals surface area contributed by atoms with E-state index in [2.05, 4.69) is 0 Å². The lowest BCUT2D eigenvalue weighted by Crippen LogP contribution is -2.27. The maximum Gasteiger partial charge on any atom is 0.344 e. The molecule has 2 N–H and O–H groups in total. The molecule has 8 nitrogen and oxygen atoms in total. The van der Waals surface area contributed by atoms with Gasteiger partial charge < -0.3 is 24.4 Å². The fourth-order valence-corrected chi connectivity index (χ4v) is 5.36. The van der Waals surface area contributed by atoms with E-state index in [4.69, 9.17) is 14.2 Å². The molecule has 1 aromatic rings. The van der Waals surface area contributed by atoms with Crippen LogP contribution >= 0.6 is 11.8 Å². The van der Waals surface area contributed by atoms with Gasteiger partial charge in [0.1, 0.15) is 11.4 Å². The van der Waals surface area contributed by atoms with Gasteiger partial charge in [-0.1, -0.05) is 36.4 Å². The summed E-state index contributed by atoms with van der Waals surface area (Å²) in [5, 5.41) is 20.9. The van der Waals surface area contributed by atoms with Gasteiger partial charge in [-0.25, -0.2) is 4.79 Å². The highest BCUT2D eigenvalue weighted by atomic mass is 32.2. The average molecular weight is 551 g/mol. The molecule has 0 saturated heterocycles. The summed E-state index contributed by atoms with van der Waals surface area (Å²) in [6, 6.07) is 7.84. The topological polar surface area (TPSA) is 119 Å². The van der Waals surface area contributed by atoms with Crippen molar-refractivity contribution in [2.45, 2.75) is 77.3 Å². The molecule has 1 aliphatic carbocycles. The SMILES string of the molecule is COCc1cccc(C[C@H](O)/C=C/[C@H]2[C@H](O)CC(=O)[C@@H]2CCSCCCC(=O)OCC(=O)OC(C)(C)C)c1. The Morgan fingerprint density at radius 1 is 1.18 bits per heavy atom. The van der Waals surface area contributed by atoms with Crippen LogP contribution in [0.3, 0.4) is 0 Å². The number of Topliss-reactive ketones (excluding diaryl/α,β-unsaturated/α-hetero) is 1. The summed E-state index contributed by atoms with van der Waals surface area (Å²) in [6.45, 7) is 5.36. The third-order valence-electron chi connectivity index (χ3n) is 6.05. The number of esters is 2. The molecule has 0 aromatic heterocycles. The van der Waals surface area contributed by atoms with Gasteiger partial charge in [0, 0.05) is 38.2 Å². The second-order valence-corrected chi connectivity index (χ2v) is 11.8. The zero-order valence-corrected chi connectivity index (χ0v) is 23.7. The van der Waals surface area contributed by atoms with Gasteiger partial charge in [-0.2, -0.15) is 11.8 Å². The summed E-state index contributed by atoms with van der Waals surface area (Å²) in [5.41, 5.74) is 1.40. The van der Waals surface area contributed by atoms with Crippen LogP contribution in [-0.2, 0) is 41.6 Å². The predicted molar refractivity (Wildman–Crippen MR) is 147 cm³/mol. The van der Waals surface area contributed by atoms with Gasteiger partial charge in [-0.3, -0.25) is 9.59 Å². The summed E-state index contributed by atoms with van der Waals surface area (Å²) in [4.78, 5) is 35.9. The van der Waals surface area contributed by atoms with Crippen molar-refractivity contribution < 1.29 is 38.8 Å². The van der Waals surface area contributed by atoms with Crippen LogP contribution in [0.5, 0.6) is 0 Å². The van der Waals surface area contributed by atoms with E-state index in [1.54, 1.807) is 51.8 Å². The number of hydrogen-bond acceptors (Lipinski definition) is 9. The third-order valence-corrected chi connectivity index (χ3v) is 7.15. The summed E-state index contributed by atoms with van der Waals surface area (Å²) in [5.74, 6) is -0.150. The van der Waals surface area contributed by atoms with Crippen LogP contribution in [0.2, 0.25) is 0 Å². The summed E-state index contributed by atoms with van der Waals surface area (Å²) < 4.78 is 15.2. The molecular formula is C29H42O8S. The fraction of sp³-hybridized carbons (Fsp3) is 0.621. The van der Waals surface area contributed by atoms with Crippen LogP contribution in [0.4, 0.5) is 0 Å². The molecule has 1 saturated carbocycles. The van der Waals surface area contributed by atoms with Crippen LogP contribution < -0.4 is 0 Å². The number of thioether (sulfide) groups is 1. The van der Waals surface area contributed by atoms with Crippen LogP contribution in [0.1, 0.15) is 57.6 Å². The Balaban J connectivity index is 1.71. The van der Waals surface area contributed by atoms with Gasteiger partial charge in [-0.15, -0.1) is 0 Å². The smallest absolute Gasteiger partial charge is 0.344 e. The first-order chi connectivity index (χ1) is 18.0. The van der Waals surface area contributed by atoms with Crippen molar-refractivity contribution >= 4 is 29.5 Å². The maximum absolute atomic E-state index is 12.5. The highest BCUT2D eigenvalue weighted by Gasteiger charge is 2.39. The standard InChI is InChI=1S/C29H42O8S/c1-29(2,3)37-28(34)19-36-27(33)9-6-13-38-14-12-24-23(25(31)17-26(24)32)11-10-22(30)16-20-7-5-8-21(15-20)18-35-4/h5,7-8,10-11,15,22-25,30-31H,6,9,12-14,16-19H2,1-4H3/b11-10+/t22-,23-,24-,25-/m1/s1. The largest absolute Gasteiger partial charge is 0.457 e. The van der Waals surface area contributed by atoms with E-state index in [0.29, 0.717) is 31.6 Å². The van der Waals surface area contributed by atoms with Crippen molar-refractivity contribution in [3.63, 3.8) is 0 Å². The quantitative estimate of drug-likeness (QED) is 0.192. The molecule has 2 rings (SSSR count). The number of aliphatic hydroxyl groups is 2. The van der Waals surface area contributed by atoms with Gasteiger partial charge in [0.05, 0.1) is 18.8 Å². The number of carbonyl (C=O) groups excluding carboxylic acids is 3. The predicted octanol–water partition coefficient (Wildman–Crippen LogP) is 3.65. The monoisotopic (exact) mass is 550 g/mol. The van der Waals surface area contributed by atoms with E-state index in [-0.39, 0.29) is 37.1 Å². The third kappa shape index (κ3) is 12.1. The zero-order chi connectivity index (χ0) is 28.1. The Kier molecular flexibility index (Phi) is 13.5. The number of rotatable bonds is 15. The van der Waals surface area contributed by atoms with Gasteiger partial charge in [-0.05, 0) is 56.2 Å². The zero-order valence-electron chi connectivity index (χ0n) is 22.9. The lowest BCUT2D eigenvalue weighted by molar-refractivity contribution is -0.166. The molecule has 9 heteroatoms. The van der Waals surface area contributed by atoms with Crippen LogP contribution in [0, 0.1) is 11.8 Å². The first kappa shape index (κ1) is 32.0. The molecule has 0 radical (unpaired) electrons. The number of hydrogen-bond donors (Lipinski definition) is 2. The molecule has 0 bridgehead atoms. The number of ketones is 1. The first-order valence-corrected chi connectivity index (χ1v) is 14.2. The number of methoxy groups -OCH3 is 1. The molecule has 1 aliphatic rings. The van der Waals surface area contributed by atoms with Crippen molar-refractivity contribution in [1.29, 1.82) is 0 Å². The van der Waals surface area contributed by atoms with Gasteiger partial charge in [0.2, 0.25) is 0 Å². The molecule has 212 valence electrons. The minimum atomic E-state index is -0.745. The van der Waals surface area contributed by atoms with E-state index in [1.165, 1.54) is 0 Å². The second kappa shape index (κ2) is 16.0. The minimum absolute atomic E-state index is 0.0419. The van der Waals surface area contributed by atoms with Crippen molar-refractivity contribution in [2.75, 3.05) is 25.2 Å². The molecule has 0 spiro atoms. The Morgan fingerprint density at radius 2 is 1.92 bits per heavy atom. The highest BCUT2D eigenvalue weighted by Crippen LogP contribution is 2.34. The van der Waals surface area contributed by atoms with Crippen LogP contribution in [-0.4, -0.2) is 71.0 Å². The molecule has 0 amide bonds. The molecule has 4 atom stereocenters. The van der Waals surface area contributed by atoms with Crippen molar-refractivity contribution in [2.24, 2.45) is 11.8 Å². The summed E-state index contributed by atoms with van der Waals surface area (Å²) in [7, 11) is 1.64. The maximum atomic E-state index is 12.5. The minimum Gasteiger partial charge on any atom is -0.457 e. The average Bonchev–Trinajstić information content (AvgIpc) is 3.09. The van der Waals surface area contributed by atoms with E-state index in [1.807, 2.05) is 24.3 Å². The van der Waals surface area contributed by atoms with E-state index in [0.717, 1.165) is 16.9 Å². The van der Waals surface area contributed by atoms with Gasteiger partial charge >= 0.3 is 11.9 Å². The summed E-state index contributed by atoms with van der Waals surface area (Å²) in [6.07, 6.45) is 3.98. The molecule has 0 aliphatic heterocycles. The molecule has 0 heterocycles. The lowest BCUT2D eigenvalue weighted by atomic mass is 9.91.